The van der Waals surface area contributed by atoms with Crippen molar-refractivity contribution in [2.45, 2.75) is 31.3 Å². The molecule has 2 heterocycles. The first-order valence-electron chi connectivity index (χ1n) is 5.73. The molecular weight excluding hydrogens is 250 g/mol. The van der Waals surface area contributed by atoms with E-state index in [1.54, 1.807) is 6.92 Å². The highest BCUT2D eigenvalue weighted by Gasteiger charge is 2.47. The molecule has 19 heavy (non-hydrogen) atoms. The molecule has 1 aromatic heterocycles. The van der Waals surface area contributed by atoms with Crippen LogP contribution in [0.2, 0.25) is 0 Å². The predicted molar refractivity (Wildman–Crippen MR) is 67.0 cm³/mol. The fourth-order valence-electron chi connectivity index (χ4n) is 2.02. The summed E-state index contributed by atoms with van der Waals surface area (Å²) in [4.78, 5) is 15.4. The normalized spacial score (nSPS) is 30.2. The smallest absolute Gasteiger partial charge is 0.351 e. The van der Waals surface area contributed by atoms with Crippen molar-refractivity contribution in [1.29, 1.82) is 0 Å². The number of rotatable bonds is 2. The molecule has 1 aromatic rings. The van der Waals surface area contributed by atoms with Crippen LogP contribution in [0.3, 0.4) is 0 Å². The summed E-state index contributed by atoms with van der Waals surface area (Å²) in [6.45, 7) is 1.17. The molecule has 1 aliphatic rings. The number of anilines is 1. The summed E-state index contributed by atoms with van der Waals surface area (Å²) in [6.07, 6.45) is 5.03. The van der Waals surface area contributed by atoms with E-state index in [1.165, 1.54) is 10.8 Å². The quantitative estimate of drug-likeness (QED) is 0.578. The van der Waals surface area contributed by atoms with Crippen LogP contribution < -0.4 is 11.4 Å². The van der Waals surface area contributed by atoms with E-state index in [0.29, 0.717) is 5.56 Å². The number of aliphatic hydroxyl groups excluding tert-OH is 2. The molecule has 0 bridgehead atoms. The van der Waals surface area contributed by atoms with Crippen LogP contribution in [0, 0.1) is 19.3 Å². The SMILES string of the molecule is C#C[C@]1(CO)O[C@@H](n2cc(C)c(N)nc2=O)C[C@@H]1O. The highest BCUT2D eigenvalue weighted by Crippen LogP contribution is 2.35. The molecule has 2 rings (SSSR count). The molecular formula is C12H15N3O4. The van der Waals surface area contributed by atoms with E-state index >= 15 is 0 Å². The van der Waals surface area contributed by atoms with Gasteiger partial charge in [-0.2, -0.15) is 4.98 Å². The number of nitrogens with zero attached hydrogens (tertiary/aromatic N) is 2. The predicted octanol–water partition coefficient (Wildman–Crippen LogP) is -1.22. The van der Waals surface area contributed by atoms with Crippen LogP contribution in [-0.2, 0) is 4.74 Å². The molecule has 7 heteroatoms. The highest BCUT2D eigenvalue weighted by atomic mass is 16.6. The van der Waals surface area contributed by atoms with Crippen LogP contribution >= 0.6 is 0 Å². The van der Waals surface area contributed by atoms with Crippen LogP contribution in [-0.4, -0.2) is 38.1 Å². The number of aryl methyl sites for hydroxylation is 1. The molecule has 1 fully saturated rings. The first-order valence-corrected chi connectivity index (χ1v) is 5.73. The Morgan fingerprint density at radius 2 is 2.47 bits per heavy atom. The molecule has 0 amide bonds. The molecule has 0 unspecified atom stereocenters. The summed E-state index contributed by atoms with van der Waals surface area (Å²) in [6, 6.07) is 0. The standard InChI is InChI=1S/C12H15N3O4/c1-3-12(6-16)8(17)4-9(19-12)15-5-7(2)10(13)14-11(15)18/h1,5,8-9,16-17H,4,6H2,2H3,(H2,13,14,18)/t8-,9+,12+/m0/s1. The van der Waals surface area contributed by atoms with E-state index in [1.807, 2.05) is 0 Å². The van der Waals surface area contributed by atoms with Gasteiger partial charge < -0.3 is 20.7 Å². The van der Waals surface area contributed by atoms with Gasteiger partial charge >= 0.3 is 5.69 Å². The summed E-state index contributed by atoms with van der Waals surface area (Å²) in [5.74, 6) is 2.38. The van der Waals surface area contributed by atoms with Crippen molar-refractivity contribution < 1.29 is 14.9 Å². The van der Waals surface area contributed by atoms with Gasteiger partial charge in [0.15, 0.2) is 5.60 Å². The van der Waals surface area contributed by atoms with Gasteiger partial charge in [-0.15, -0.1) is 6.42 Å². The molecule has 4 N–H and O–H groups in total. The van der Waals surface area contributed by atoms with Gasteiger partial charge in [0.05, 0.1) is 6.61 Å². The van der Waals surface area contributed by atoms with E-state index in [-0.39, 0.29) is 12.2 Å². The Hall–Kier alpha value is -1.88. The minimum Gasteiger partial charge on any atom is -0.392 e. The lowest BCUT2D eigenvalue weighted by Gasteiger charge is -2.23. The largest absolute Gasteiger partial charge is 0.392 e. The Morgan fingerprint density at radius 1 is 1.79 bits per heavy atom. The number of ether oxygens (including phenoxy) is 1. The Balaban J connectivity index is 2.39. The van der Waals surface area contributed by atoms with Crippen molar-refractivity contribution in [2.75, 3.05) is 12.3 Å². The number of hydrogen-bond acceptors (Lipinski definition) is 6. The van der Waals surface area contributed by atoms with Gasteiger partial charge in [-0.3, -0.25) is 4.57 Å². The summed E-state index contributed by atoms with van der Waals surface area (Å²) < 4.78 is 6.68. The van der Waals surface area contributed by atoms with E-state index in [2.05, 4.69) is 10.9 Å². The van der Waals surface area contributed by atoms with E-state index in [0.717, 1.165) is 0 Å². The number of terminal acetylenes is 1. The number of aliphatic hydroxyl groups is 2. The summed E-state index contributed by atoms with van der Waals surface area (Å²) in [7, 11) is 0. The molecule has 1 aliphatic heterocycles. The monoisotopic (exact) mass is 265 g/mol. The van der Waals surface area contributed by atoms with E-state index in [4.69, 9.17) is 16.9 Å². The van der Waals surface area contributed by atoms with Gasteiger partial charge in [0.2, 0.25) is 0 Å². The Kier molecular flexibility index (Phi) is 3.32. The molecule has 0 aliphatic carbocycles. The van der Waals surface area contributed by atoms with Gasteiger partial charge in [0.1, 0.15) is 18.1 Å². The summed E-state index contributed by atoms with van der Waals surface area (Å²) in [5.41, 5.74) is 4.07. The summed E-state index contributed by atoms with van der Waals surface area (Å²) >= 11 is 0. The van der Waals surface area contributed by atoms with Crippen LogP contribution in [0.25, 0.3) is 0 Å². The lowest BCUT2D eigenvalue weighted by molar-refractivity contribution is -0.0912. The maximum atomic E-state index is 11.8. The summed E-state index contributed by atoms with van der Waals surface area (Å²) in [5, 5.41) is 19.2. The number of nitrogen functional groups attached to an aromatic ring is 1. The number of nitrogens with two attached hydrogens (primary N) is 1. The first-order chi connectivity index (χ1) is 8.93. The van der Waals surface area contributed by atoms with E-state index < -0.39 is 30.2 Å². The fraction of sp³-hybridized carbons (Fsp3) is 0.500. The average Bonchev–Trinajstić information content (AvgIpc) is 2.71. The van der Waals surface area contributed by atoms with E-state index in [9.17, 15) is 15.0 Å². The second kappa shape index (κ2) is 4.66. The molecule has 0 aromatic carbocycles. The van der Waals surface area contributed by atoms with Gasteiger partial charge in [-0.05, 0) is 6.92 Å². The van der Waals surface area contributed by atoms with Crippen molar-refractivity contribution in [3.05, 3.63) is 22.2 Å². The number of aromatic nitrogens is 2. The van der Waals surface area contributed by atoms with Gasteiger partial charge in [-0.25, -0.2) is 4.79 Å². The minimum absolute atomic E-state index is 0.0930. The molecule has 102 valence electrons. The van der Waals surface area contributed by atoms with Crippen LogP contribution in [0.4, 0.5) is 5.82 Å². The third-order valence-electron chi connectivity index (χ3n) is 3.27. The molecule has 1 saturated heterocycles. The number of hydrogen-bond donors (Lipinski definition) is 3. The zero-order valence-electron chi connectivity index (χ0n) is 10.4. The Bertz CT molecular complexity index is 592. The highest BCUT2D eigenvalue weighted by molar-refractivity contribution is 5.35. The topological polar surface area (TPSA) is 111 Å². The minimum atomic E-state index is -1.49. The Labute approximate surface area is 109 Å². The molecule has 0 radical (unpaired) electrons. The van der Waals surface area contributed by atoms with Gasteiger partial charge in [0.25, 0.3) is 0 Å². The average molecular weight is 265 g/mol. The lowest BCUT2D eigenvalue weighted by Crippen LogP contribution is -2.41. The molecule has 7 nitrogen and oxygen atoms in total. The fourth-order valence-corrected chi connectivity index (χ4v) is 2.02. The lowest BCUT2D eigenvalue weighted by atomic mass is 9.99. The van der Waals surface area contributed by atoms with Gasteiger partial charge in [0, 0.05) is 18.2 Å². The van der Waals surface area contributed by atoms with Crippen LogP contribution in [0.1, 0.15) is 18.2 Å². The van der Waals surface area contributed by atoms with Crippen LogP contribution in [0.15, 0.2) is 11.0 Å². The third kappa shape index (κ3) is 2.10. The second-order valence-corrected chi connectivity index (χ2v) is 4.51. The zero-order chi connectivity index (χ0) is 14.2. The van der Waals surface area contributed by atoms with Crippen molar-refractivity contribution in [3.63, 3.8) is 0 Å². The van der Waals surface area contributed by atoms with Crippen molar-refractivity contribution in [1.82, 2.24) is 9.55 Å². The van der Waals surface area contributed by atoms with Crippen molar-refractivity contribution in [3.8, 4) is 12.3 Å². The Morgan fingerprint density at radius 3 is 3.00 bits per heavy atom. The first kappa shape index (κ1) is 13.5. The van der Waals surface area contributed by atoms with Gasteiger partial charge in [-0.1, -0.05) is 5.92 Å². The molecule has 3 atom stereocenters. The van der Waals surface area contributed by atoms with Crippen LogP contribution in [0.5, 0.6) is 0 Å². The second-order valence-electron chi connectivity index (χ2n) is 4.51. The maximum absolute atomic E-state index is 11.8. The molecule has 0 spiro atoms. The zero-order valence-corrected chi connectivity index (χ0v) is 10.4. The van der Waals surface area contributed by atoms with Crippen molar-refractivity contribution >= 4 is 5.82 Å². The maximum Gasteiger partial charge on any atom is 0.351 e. The van der Waals surface area contributed by atoms with Crippen molar-refractivity contribution in [2.24, 2.45) is 0 Å². The third-order valence-corrected chi connectivity index (χ3v) is 3.27. The molecule has 0 saturated carbocycles.